The predicted octanol–water partition coefficient (Wildman–Crippen LogP) is 0.968. The minimum absolute atomic E-state index is 0.403. The van der Waals surface area contributed by atoms with Gasteiger partial charge in [-0.25, -0.2) is 0 Å². The van der Waals surface area contributed by atoms with Crippen LogP contribution in [0, 0.1) is 0 Å². The maximum atomic E-state index is 5.52. The van der Waals surface area contributed by atoms with E-state index in [9.17, 15) is 0 Å². The van der Waals surface area contributed by atoms with Crippen LogP contribution in [0.25, 0.3) is 0 Å². The van der Waals surface area contributed by atoms with Crippen LogP contribution in [0.4, 0.5) is 0 Å². The van der Waals surface area contributed by atoms with Crippen molar-refractivity contribution in [3.05, 3.63) is 30.1 Å². The van der Waals surface area contributed by atoms with Crippen molar-refractivity contribution in [1.82, 2.24) is 10.3 Å². The number of aromatic nitrogens is 1. The van der Waals surface area contributed by atoms with Gasteiger partial charge in [-0.05, 0) is 44.0 Å². The SMILES string of the molecule is COCC(CCCN)NCCc1cccnc1. The van der Waals surface area contributed by atoms with E-state index < -0.39 is 0 Å². The molecule has 1 unspecified atom stereocenters. The minimum Gasteiger partial charge on any atom is -0.383 e. The lowest BCUT2D eigenvalue weighted by atomic mass is 10.1. The standard InChI is InChI=1S/C13H23N3O/c1-17-11-13(5-2-7-14)16-9-6-12-4-3-8-15-10-12/h3-4,8,10,13,16H,2,5-7,9,11,14H2,1H3. The molecular formula is C13H23N3O. The molecule has 0 aliphatic heterocycles. The molecule has 1 rings (SSSR count). The fourth-order valence-corrected chi connectivity index (χ4v) is 1.78. The van der Waals surface area contributed by atoms with Gasteiger partial charge in [0.05, 0.1) is 6.61 Å². The topological polar surface area (TPSA) is 60.2 Å². The van der Waals surface area contributed by atoms with Crippen LogP contribution >= 0.6 is 0 Å². The first kappa shape index (κ1) is 14.1. The van der Waals surface area contributed by atoms with Gasteiger partial charge < -0.3 is 15.8 Å². The predicted molar refractivity (Wildman–Crippen MR) is 69.9 cm³/mol. The average Bonchev–Trinajstić information content (AvgIpc) is 2.37. The normalized spacial score (nSPS) is 12.6. The summed E-state index contributed by atoms with van der Waals surface area (Å²) in [5, 5.41) is 3.50. The molecule has 96 valence electrons. The summed E-state index contributed by atoms with van der Waals surface area (Å²) in [5.41, 5.74) is 6.78. The zero-order valence-corrected chi connectivity index (χ0v) is 10.6. The third-order valence-electron chi connectivity index (χ3n) is 2.69. The van der Waals surface area contributed by atoms with E-state index in [1.165, 1.54) is 5.56 Å². The maximum absolute atomic E-state index is 5.52. The second-order valence-electron chi connectivity index (χ2n) is 4.15. The summed E-state index contributed by atoms with van der Waals surface area (Å²) in [6.07, 6.45) is 6.81. The van der Waals surface area contributed by atoms with Gasteiger partial charge in [-0.1, -0.05) is 6.07 Å². The Kier molecular flexibility index (Phi) is 7.54. The molecule has 1 aromatic rings. The van der Waals surface area contributed by atoms with Gasteiger partial charge in [0.2, 0.25) is 0 Å². The zero-order chi connectivity index (χ0) is 12.3. The molecule has 0 bridgehead atoms. The Morgan fingerprint density at radius 1 is 1.53 bits per heavy atom. The number of nitrogens with two attached hydrogens (primary N) is 1. The monoisotopic (exact) mass is 237 g/mol. The Labute approximate surface area is 104 Å². The zero-order valence-electron chi connectivity index (χ0n) is 10.6. The fourth-order valence-electron chi connectivity index (χ4n) is 1.78. The molecule has 1 heterocycles. The van der Waals surface area contributed by atoms with Crippen molar-refractivity contribution in [3.63, 3.8) is 0 Å². The highest BCUT2D eigenvalue weighted by Gasteiger charge is 2.06. The highest BCUT2D eigenvalue weighted by atomic mass is 16.5. The number of ether oxygens (including phenoxy) is 1. The molecule has 0 fully saturated rings. The lowest BCUT2D eigenvalue weighted by molar-refractivity contribution is 0.162. The first-order chi connectivity index (χ1) is 8.36. The molecule has 1 aromatic heterocycles. The van der Waals surface area contributed by atoms with Crippen molar-refractivity contribution in [3.8, 4) is 0 Å². The first-order valence-electron chi connectivity index (χ1n) is 6.18. The average molecular weight is 237 g/mol. The van der Waals surface area contributed by atoms with Crippen LogP contribution in [0.3, 0.4) is 0 Å². The molecule has 0 amide bonds. The van der Waals surface area contributed by atoms with E-state index in [0.717, 1.165) is 39.0 Å². The van der Waals surface area contributed by atoms with Crippen molar-refractivity contribution >= 4 is 0 Å². The van der Waals surface area contributed by atoms with E-state index in [0.29, 0.717) is 6.04 Å². The molecule has 1 atom stereocenters. The Hall–Kier alpha value is -0.970. The Morgan fingerprint density at radius 3 is 3.06 bits per heavy atom. The van der Waals surface area contributed by atoms with E-state index in [4.69, 9.17) is 10.5 Å². The maximum Gasteiger partial charge on any atom is 0.0615 e. The summed E-state index contributed by atoms with van der Waals surface area (Å²) < 4.78 is 5.19. The summed E-state index contributed by atoms with van der Waals surface area (Å²) in [7, 11) is 1.73. The summed E-state index contributed by atoms with van der Waals surface area (Å²) in [4.78, 5) is 4.10. The molecule has 4 nitrogen and oxygen atoms in total. The molecule has 0 saturated heterocycles. The number of nitrogens with zero attached hydrogens (tertiary/aromatic N) is 1. The number of methoxy groups -OCH3 is 1. The van der Waals surface area contributed by atoms with E-state index in [-0.39, 0.29) is 0 Å². The van der Waals surface area contributed by atoms with Crippen molar-refractivity contribution in [2.75, 3.05) is 26.8 Å². The molecule has 4 heteroatoms. The van der Waals surface area contributed by atoms with Crippen LogP contribution in [-0.4, -0.2) is 37.8 Å². The van der Waals surface area contributed by atoms with E-state index in [2.05, 4.69) is 16.4 Å². The third-order valence-corrected chi connectivity index (χ3v) is 2.69. The molecule has 0 radical (unpaired) electrons. The largest absolute Gasteiger partial charge is 0.383 e. The van der Waals surface area contributed by atoms with Gasteiger partial charge in [-0.3, -0.25) is 4.98 Å². The summed E-state index contributed by atoms with van der Waals surface area (Å²) in [6, 6.07) is 4.47. The highest BCUT2D eigenvalue weighted by molar-refractivity contribution is 5.08. The Bertz CT molecular complexity index is 279. The molecule has 0 aliphatic carbocycles. The van der Waals surface area contributed by atoms with Crippen molar-refractivity contribution in [2.45, 2.75) is 25.3 Å². The summed E-state index contributed by atoms with van der Waals surface area (Å²) in [6.45, 7) is 2.43. The smallest absolute Gasteiger partial charge is 0.0615 e. The molecule has 0 aromatic carbocycles. The van der Waals surface area contributed by atoms with E-state index >= 15 is 0 Å². The molecular weight excluding hydrogens is 214 g/mol. The van der Waals surface area contributed by atoms with Gasteiger partial charge in [0.25, 0.3) is 0 Å². The third kappa shape index (κ3) is 6.36. The minimum atomic E-state index is 0.403. The van der Waals surface area contributed by atoms with Gasteiger partial charge >= 0.3 is 0 Å². The first-order valence-corrected chi connectivity index (χ1v) is 6.18. The molecule has 3 N–H and O–H groups in total. The van der Waals surface area contributed by atoms with Crippen LogP contribution < -0.4 is 11.1 Å². The van der Waals surface area contributed by atoms with Gasteiger partial charge in [0, 0.05) is 25.5 Å². The molecule has 0 spiro atoms. The highest BCUT2D eigenvalue weighted by Crippen LogP contribution is 1.99. The second kappa shape index (κ2) is 9.10. The van der Waals surface area contributed by atoms with Crippen LogP contribution in [0.2, 0.25) is 0 Å². The van der Waals surface area contributed by atoms with E-state index in [1.54, 1.807) is 13.3 Å². The quantitative estimate of drug-likeness (QED) is 0.672. The Morgan fingerprint density at radius 2 is 2.41 bits per heavy atom. The van der Waals surface area contributed by atoms with Gasteiger partial charge in [-0.2, -0.15) is 0 Å². The van der Waals surface area contributed by atoms with Crippen LogP contribution in [0.5, 0.6) is 0 Å². The number of hydrogen-bond donors (Lipinski definition) is 2. The fraction of sp³-hybridized carbons (Fsp3) is 0.615. The molecule has 17 heavy (non-hydrogen) atoms. The van der Waals surface area contributed by atoms with Crippen LogP contribution in [0.15, 0.2) is 24.5 Å². The van der Waals surface area contributed by atoms with Crippen molar-refractivity contribution < 1.29 is 4.74 Å². The number of rotatable bonds is 9. The van der Waals surface area contributed by atoms with E-state index in [1.807, 2.05) is 12.3 Å². The summed E-state index contributed by atoms with van der Waals surface area (Å²) in [5.74, 6) is 0. The Balaban J connectivity index is 2.22. The number of hydrogen-bond acceptors (Lipinski definition) is 4. The van der Waals surface area contributed by atoms with Crippen molar-refractivity contribution in [1.29, 1.82) is 0 Å². The lowest BCUT2D eigenvalue weighted by Crippen LogP contribution is -2.35. The molecule has 0 saturated carbocycles. The van der Waals surface area contributed by atoms with Crippen LogP contribution in [-0.2, 0) is 11.2 Å². The van der Waals surface area contributed by atoms with Gasteiger partial charge in [-0.15, -0.1) is 0 Å². The molecule has 0 aliphatic rings. The van der Waals surface area contributed by atoms with Gasteiger partial charge in [0.1, 0.15) is 0 Å². The number of pyridine rings is 1. The summed E-state index contributed by atoms with van der Waals surface area (Å²) >= 11 is 0. The van der Waals surface area contributed by atoms with Crippen molar-refractivity contribution in [2.24, 2.45) is 5.73 Å². The number of nitrogens with one attached hydrogen (secondary N) is 1. The van der Waals surface area contributed by atoms with Gasteiger partial charge in [0.15, 0.2) is 0 Å². The van der Waals surface area contributed by atoms with Crippen LogP contribution in [0.1, 0.15) is 18.4 Å². The lowest BCUT2D eigenvalue weighted by Gasteiger charge is -2.17. The second-order valence-corrected chi connectivity index (χ2v) is 4.15.